The first kappa shape index (κ1) is 12.1. The van der Waals surface area contributed by atoms with Crippen molar-refractivity contribution in [3.05, 3.63) is 46.4 Å². The summed E-state index contributed by atoms with van der Waals surface area (Å²) >= 11 is 1.73. The Morgan fingerprint density at radius 2 is 2.24 bits per heavy atom. The van der Waals surface area contributed by atoms with Gasteiger partial charge in [0.2, 0.25) is 0 Å². The number of Topliss-reactive ketones (excluding diaryl/α,β-unsaturated/α-hetero) is 1. The number of thiophene rings is 1. The molecule has 0 aromatic carbocycles. The van der Waals surface area contributed by atoms with Gasteiger partial charge < -0.3 is 4.57 Å². The average Bonchev–Trinajstić information content (AvgIpc) is 2.96. The smallest absolute Gasteiger partial charge is 0.166 e. The maximum absolute atomic E-state index is 11.8. The fourth-order valence-electron chi connectivity index (χ4n) is 1.75. The molecule has 0 fully saturated rings. The lowest BCUT2D eigenvalue weighted by Crippen LogP contribution is -2.06. The van der Waals surface area contributed by atoms with Crippen molar-refractivity contribution in [2.75, 3.05) is 0 Å². The number of hydrogen-bond donors (Lipinski definition) is 0. The quantitative estimate of drug-likeness (QED) is 0.739. The van der Waals surface area contributed by atoms with Crippen LogP contribution in [0.5, 0.6) is 0 Å². The van der Waals surface area contributed by atoms with Crippen LogP contribution in [0, 0.1) is 5.92 Å². The van der Waals surface area contributed by atoms with Gasteiger partial charge in [-0.1, -0.05) is 13.8 Å². The molecule has 0 saturated carbocycles. The van der Waals surface area contributed by atoms with Crippen molar-refractivity contribution in [3.63, 3.8) is 0 Å². The molecule has 90 valence electrons. The number of ketones is 1. The molecule has 0 aliphatic rings. The van der Waals surface area contributed by atoms with Gasteiger partial charge in [0.25, 0.3) is 0 Å². The molecule has 0 spiro atoms. The van der Waals surface area contributed by atoms with Crippen LogP contribution in [0.25, 0.3) is 0 Å². The largest absolute Gasteiger partial charge is 0.353 e. The van der Waals surface area contributed by atoms with Gasteiger partial charge in [0.1, 0.15) is 0 Å². The van der Waals surface area contributed by atoms with Gasteiger partial charge in [0.05, 0.1) is 0 Å². The summed E-state index contributed by atoms with van der Waals surface area (Å²) in [4.78, 5) is 11.8. The number of aryl methyl sites for hydroxylation is 2. The number of carbonyl (C=O) groups is 1. The number of rotatable bonds is 5. The zero-order valence-electron chi connectivity index (χ0n) is 10.2. The highest BCUT2D eigenvalue weighted by atomic mass is 32.1. The van der Waals surface area contributed by atoms with E-state index >= 15 is 0 Å². The van der Waals surface area contributed by atoms with Crippen molar-refractivity contribution >= 4 is 17.1 Å². The van der Waals surface area contributed by atoms with E-state index in [4.69, 9.17) is 0 Å². The minimum Gasteiger partial charge on any atom is -0.353 e. The highest BCUT2D eigenvalue weighted by Gasteiger charge is 2.11. The predicted octanol–water partition coefficient (Wildman–Crippen LogP) is 3.63. The van der Waals surface area contributed by atoms with Crippen molar-refractivity contribution in [2.45, 2.75) is 26.8 Å². The molecule has 0 amide bonds. The van der Waals surface area contributed by atoms with Crippen LogP contribution in [0.4, 0.5) is 0 Å². The van der Waals surface area contributed by atoms with Crippen molar-refractivity contribution in [2.24, 2.45) is 5.92 Å². The second kappa shape index (κ2) is 5.32. The molecule has 2 heterocycles. The highest BCUT2D eigenvalue weighted by Crippen LogP contribution is 2.11. The maximum atomic E-state index is 11.8. The minimum atomic E-state index is 0.0720. The summed E-state index contributed by atoms with van der Waals surface area (Å²) in [5.74, 6) is 0.294. The van der Waals surface area contributed by atoms with Gasteiger partial charge >= 0.3 is 0 Å². The van der Waals surface area contributed by atoms with Gasteiger partial charge in [-0.2, -0.15) is 11.3 Å². The van der Waals surface area contributed by atoms with Crippen molar-refractivity contribution in [3.8, 4) is 0 Å². The topological polar surface area (TPSA) is 22.0 Å². The molecule has 0 radical (unpaired) electrons. The standard InChI is InChI=1S/C14H17NOS/c1-11(2)14(16)13-4-7-15(9-13)6-3-12-5-8-17-10-12/h4-5,7-11H,3,6H2,1-2H3. The molecular weight excluding hydrogens is 230 g/mol. The summed E-state index contributed by atoms with van der Waals surface area (Å²) in [5.41, 5.74) is 2.19. The maximum Gasteiger partial charge on any atom is 0.166 e. The molecule has 0 unspecified atom stereocenters. The minimum absolute atomic E-state index is 0.0720. The molecule has 0 atom stereocenters. The fraction of sp³-hybridized carbons (Fsp3) is 0.357. The van der Waals surface area contributed by atoms with Crippen molar-refractivity contribution in [1.82, 2.24) is 4.57 Å². The van der Waals surface area contributed by atoms with E-state index in [2.05, 4.69) is 21.4 Å². The second-order valence-electron chi connectivity index (χ2n) is 4.54. The molecule has 2 nitrogen and oxygen atoms in total. The first-order valence-corrected chi connectivity index (χ1v) is 6.82. The average molecular weight is 247 g/mol. The van der Waals surface area contributed by atoms with Gasteiger partial charge in [-0.15, -0.1) is 0 Å². The zero-order chi connectivity index (χ0) is 12.3. The van der Waals surface area contributed by atoms with Crippen LogP contribution in [0.15, 0.2) is 35.3 Å². The Morgan fingerprint density at radius 3 is 2.88 bits per heavy atom. The first-order chi connectivity index (χ1) is 8.16. The Balaban J connectivity index is 1.97. The lowest BCUT2D eigenvalue weighted by atomic mass is 10.0. The molecule has 0 aliphatic carbocycles. The van der Waals surface area contributed by atoms with Crippen LogP contribution in [0.2, 0.25) is 0 Å². The number of aromatic nitrogens is 1. The Hall–Kier alpha value is -1.35. The molecule has 17 heavy (non-hydrogen) atoms. The van der Waals surface area contributed by atoms with Gasteiger partial charge in [-0.05, 0) is 34.9 Å². The summed E-state index contributed by atoms with van der Waals surface area (Å²) in [6.45, 7) is 4.80. The molecule has 0 aliphatic heterocycles. The monoisotopic (exact) mass is 247 g/mol. The summed E-state index contributed by atoms with van der Waals surface area (Å²) in [6, 6.07) is 4.06. The number of nitrogens with zero attached hydrogens (tertiary/aromatic N) is 1. The van der Waals surface area contributed by atoms with E-state index in [1.807, 2.05) is 32.3 Å². The lowest BCUT2D eigenvalue weighted by molar-refractivity contribution is 0.0939. The van der Waals surface area contributed by atoms with E-state index < -0.39 is 0 Å². The van der Waals surface area contributed by atoms with Crippen molar-refractivity contribution in [1.29, 1.82) is 0 Å². The van der Waals surface area contributed by atoms with Gasteiger partial charge in [0, 0.05) is 30.4 Å². The summed E-state index contributed by atoms with van der Waals surface area (Å²) in [6.07, 6.45) is 4.96. The molecule has 0 bridgehead atoms. The Labute approximate surface area is 106 Å². The summed E-state index contributed by atoms with van der Waals surface area (Å²) in [5, 5.41) is 4.27. The Bertz CT molecular complexity index is 482. The van der Waals surface area contributed by atoms with E-state index in [-0.39, 0.29) is 11.7 Å². The van der Waals surface area contributed by atoms with Crippen LogP contribution in [-0.4, -0.2) is 10.4 Å². The van der Waals surface area contributed by atoms with Crippen LogP contribution >= 0.6 is 11.3 Å². The number of hydrogen-bond acceptors (Lipinski definition) is 2. The van der Waals surface area contributed by atoms with Crippen molar-refractivity contribution < 1.29 is 4.79 Å². The molecular formula is C14H17NOS. The van der Waals surface area contributed by atoms with E-state index in [0.29, 0.717) is 0 Å². The van der Waals surface area contributed by atoms with Crippen LogP contribution in [0.3, 0.4) is 0 Å². The zero-order valence-corrected chi connectivity index (χ0v) is 11.0. The normalized spacial score (nSPS) is 11.0. The Morgan fingerprint density at radius 1 is 1.41 bits per heavy atom. The second-order valence-corrected chi connectivity index (χ2v) is 5.32. The Kier molecular flexibility index (Phi) is 3.79. The van der Waals surface area contributed by atoms with Crippen LogP contribution < -0.4 is 0 Å². The van der Waals surface area contributed by atoms with Crippen LogP contribution in [0.1, 0.15) is 29.8 Å². The highest BCUT2D eigenvalue weighted by molar-refractivity contribution is 7.07. The van der Waals surface area contributed by atoms with Gasteiger partial charge in [-0.25, -0.2) is 0 Å². The fourth-order valence-corrected chi connectivity index (χ4v) is 2.46. The van der Waals surface area contributed by atoms with E-state index in [1.54, 1.807) is 11.3 Å². The molecule has 0 saturated heterocycles. The SMILES string of the molecule is CC(C)C(=O)c1ccn(CCc2ccsc2)c1. The third kappa shape index (κ3) is 3.07. The number of carbonyl (C=O) groups excluding carboxylic acids is 1. The molecule has 2 rings (SSSR count). The third-order valence-corrected chi connectivity index (χ3v) is 3.53. The van der Waals surface area contributed by atoms with Gasteiger partial charge in [-0.3, -0.25) is 4.79 Å². The van der Waals surface area contributed by atoms with E-state index in [9.17, 15) is 4.79 Å². The summed E-state index contributed by atoms with van der Waals surface area (Å²) < 4.78 is 2.09. The molecule has 3 heteroatoms. The van der Waals surface area contributed by atoms with E-state index in [0.717, 1.165) is 18.5 Å². The van der Waals surface area contributed by atoms with Crippen LogP contribution in [-0.2, 0) is 13.0 Å². The third-order valence-electron chi connectivity index (χ3n) is 2.80. The molecule has 2 aromatic heterocycles. The molecule has 2 aromatic rings. The van der Waals surface area contributed by atoms with E-state index in [1.165, 1.54) is 5.56 Å². The first-order valence-electron chi connectivity index (χ1n) is 5.88. The molecule has 0 N–H and O–H groups in total. The lowest BCUT2D eigenvalue weighted by Gasteiger charge is -2.02. The van der Waals surface area contributed by atoms with Gasteiger partial charge in [0.15, 0.2) is 5.78 Å². The summed E-state index contributed by atoms with van der Waals surface area (Å²) in [7, 11) is 0. The predicted molar refractivity (Wildman–Crippen MR) is 71.6 cm³/mol.